The minimum atomic E-state index is -0.778. The fraction of sp³-hybridized carbons (Fsp3) is 0.500. The molecule has 20 heteroatoms. The molecule has 5 aliphatic rings. The number of likely N-dealkylation sites (tertiary alicyclic amines) is 2. The largest absolute Gasteiger partial charge is 0.464 e. The Hall–Kier alpha value is -6.80. The number of thiazole rings is 1. The summed E-state index contributed by atoms with van der Waals surface area (Å²) in [6.07, 6.45) is 7.67. The van der Waals surface area contributed by atoms with Crippen molar-refractivity contribution in [2.45, 2.75) is 128 Å². The molecule has 390 valence electrons. The van der Waals surface area contributed by atoms with Gasteiger partial charge in [0.2, 0.25) is 18.0 Å². The average molecular weight is 1030 g/mol. The third kappa shape index (κ3) is 8.96. The summed E-state index contributed by atoms with van der Waals surface area (Å²) in [5.41, 5.74) is 4.09. The van der Waals surface area contributed by atoms with E-state index in [0.29, 0.717) is 78.2 Å². The van der Waals surface area contributed by atoms with E-state index in [1.165, 1.54) is 20.3 Å². The van der Waals surface area contributed by atoms with Gasteiger partial charge in [0.05, 0.1) is 82.3 Å². The molecule has 2 aromatic carbocycles. The van der Waals surface area contributed by atoms with E-state index < -0.39 is 41.9 Å². The van der Waals surface area contributed by atoms with Gasteiger partial charge in [-0.25, -0.2) is 28.9 Å². The molecule has 74 heavy (non-hydrogen) atoms. The van der Waals surface area contributed by atoms with Crippen LogP contribution in [0.25, 0.3) is 44.7 Å². The van der Waals surface area contributed by atoms with E-state index in [1.807, 2.05) is 67.6 Å². The van der Waals surface area contributed by atoms with Crippen LogP contribution in [0.3, 0.4) is 0 Å². The number of carbonyl (C=O) groups excluding carboxylic acids is 4. The molecule has 8 atom stereocenters. The number of carbonyl (C=O) groups is 4. The lowest BCUT2D eigenvalue weighted by molar-refractivity contribution is -0.140. The number of nitrogens with one attached hydrogen (secondary N) is 4. The number of hydrogen-bond donors (Lipinski definition) is 4. The van der Waals surface area contributed by atoms with Crippen LogP contribution in [-0.4, -0.2) is 114 Å². The van der Waals surface area contributed by atoms with Gasteiger partial charge in [0.15, 0.2) is 0 Å². The molecule has 4 unspecified atom stereocenters. The Morgan fingerprint density at radius 1 is 0.865 bits per heavy atom. The predicted molar refractivity (Wildman–Crippen MR) is 274 cm³/mol. The van der Waals surface area contributed by atoms with Gasteiger partial charge in [-0.3, -0.25) is 14.2 Å². The second kappa shape index (κ2) is 19.2. The van der Waals surface area contributed by atoms with Crippen LogP contribution in [0.2, 0.25) is 0 Å². The Bertz CT molecular complexity index is 3160. The third-order valence-corrected chi connectivity index (χ3v) is 16.9. The number of methoxy groups -OCH3 is 2. The molecule has 4 amide bonds. The Morgan fingerprint density at radius 3 is 2.30 bits per heavy atom. The summed E-state index contributed by atoms with van der Waals surface area (Å²) in [7, 11) is 2.58. The molecule has 1 saturated carbocycles. The lowest BCUT2D eigenvalue weighted by Crippen LogP contribution is -2.55. The molecular formula is C54H63FN10O8S. The second-order valence-corrected chi connectivity index (χ2v) is 22.8. The first-order valence-electron chi connectivity index (χ1n) is 25.7. The highest BCUT2D eigenvalue weighted by atomic mass is 32.1. The maximum atomic E-state index is 17.0. The molecule has 0 bridgehead atoms. The van der Waals surface area contributed by atoms with E-state index in [4.69, 9.17) is 33.9 Å². The number of imidazole rings is 2. The number of halogens is 1. The van der Waals surface area contributed by atoms with Crippen LogP contribution in [0.5, 0.6) is 5.75 Å². The van der Waals surface area contributed by atoms with E-state index >= 15 is 4.39 Å². The van der Waals surface area contributed by atoms with E-state index in [2.05, 4.69) is 40.5 Å². The SMILES string of the molecule is COC(=O)NC(C(=O)N1CCC[C@H]1c1ncc(-c2cc(F)c3c(c2)OC(c2cnc(C(C)C)s2)n2c-3cc3cc(-c4cnc([C@@H]5C[C@H]6C[C@H]6N5C(=O)C(NC(=O)OC)C5CCOC(C)(C)C5)[nH]4)ccc32)[nH]1)C(C)C. The van der Waals surface area contributed by atoms with Gasteiger partial charge < -0.3 is 49.3 Å². The summed E-state index contributed by atoms with van der Waals surface area (Å²) in [4.78, 5) is 79.2. The smallest absolute Gasteiger partial charge is 0.407 e. The van der Waals surface area contributed by atoms with Gasteiger partial charge in [0.25, 0.3) is 0 Å². The highest BCUT2D eigenvalue weighted by molar-refractivity contribution is 7.11. The second-order valence-electron chi connectivity index (χ2n) is 21.7. The molecule has 18 nitrogen and oxygen atoms in total. The van der Waals surface area contributed by atoms with Gasteiger partial charge in [-0.05, 0) is 100 Å². The Kier molecular flexibility index (Phi) is 12.8. The van der Waals surface area contributed by atoms with Gasteiger partial charge in [0, 0.05) is 47.8 Å². The molecule has 4 N–H and O–H groups in total. The quantitative estimate of drug-likeness (QED) is 0.0907. The van der Waals surface area contributed by atoms with Crippen LogP contribution in [0.15, 0.2) is 55.0 Å². The number of amides is 4. The van der Waals surface area contributed by atoms with Crippen LogP contribution in [0, 0.1) is 23.6 Å². The van der Waals surface area contributed by atoms with Gasteiger partial charge >= 0.3 is 12.2 Å². The van der Waals surface area contributed by atoms with Gasteiger partial charge in [0.1, 0.15) is 35.3 Å². The Labute approximate surface area is 432 Å². The first-order valence-corrected chi connectivity index (χ1v) is 26.5. The zero-order valence-corrected chi connectivity index (χ0v) is 43.7. The molecule has 0 spiro atoms. The van der Waals surface area contributed by atoms with Crippen LogP contribution in [0.1, 0.15) is 126 Å². The Morgan fingerprint density at radius 2 is 1.59 bits per heavy atom. The molecular weight excluding hydrogens is 968 g/mol. The minimum absolute atomic E-state index is 0.0727. The number of fused-ring (bicyclic) bond motifs is 6. The number of piperidine rings is 1. The minimum Gasteiger partial charge on any atom is -0.464 e. The fourth-order valence-corrected chi connectivity index (χ4v) is 12.7. The maximum Gasteiger partial charge on any atom is 0.407 e. The topological polar surface area (TPSA) is 211 Å². The van der Waals surface area contributed by atoms with Crippen molar-refractivity contribution in [2.75, 3.05) is 27.4 Å². The number of benzene rings is 2. The number of ether oxygens (including phenoxy) is 4. The van der Waals surface area contributed by atoms with Crippen LogP contribution in [0.4, 0.5) is 14.0 Å². The molecule has 4 aromatic heterocycles. The van der Waals surface area contributed by atoms with E-state index in [-0.39, 0.29) is 47.7 Å². The summed E-state index contributed by atoms with van der Waals surface area (Å²) >= 11 is 1.56. The van der Waals surface area contributed by atoms with Crippen molar-refractivity contribution < 1.29 is 42.5 Å². The molecule has 3 saturated heterocycles. The number of rotatable bonds is 12. The average Bonchev–Trinajstić information content (AvgIpc) is 4.16. The van der Waals surface area contributed by atoms with Crippen LogP contribution in [-0.2, 0) is 23.8 Å². The van der Waals surface area contributed by atoms with E-state index in [1.54, 1.807) is 28.6 Å². The summed E-state index contributed by atoms with van der Waals surface area (Å²) in [5, 5.41) is 7.40. The highest BCUT2D eigenvalue weighted by Gasteiger charge is 2.57. The summed E-state index contributed by atoms with van der Waals surface area (Å²) in [6.45, 7) is 13.0. The van der Waals surface area contributed by atoms with Gasteiger partial charge in [-0.2, -0.15) is 0 Å². The first-order chi connectivity index (χ1) is 35.5. The molecule has 1 aliphatic carbocycles. The Balaban J connectivity index is 0.900. The summed E-state index contributed by atoms with van der Waals surface area (Å²) in [6, 6.07) is 9.25. The van der Waals surface area contributed by atoms with Crippen molar-refractivity contribution in [3.63, 3.8) is 0 Å². The summed E-state index contributed by atoms with van der Waals surface area (Å²) in [5.74, 6) is 1.01. The number of H-pyrrole nitrogens is 2. The molecule has 4 fully saturated rings. The lowest BCUT2D eigenvalue weighted by Gasteiger charge is -2.40. The predicted octanol–water partition coefficient (Wildman–Crippen LogP) is 9.38. The number of hydrogen-bond acceptors (Lipinski definition) is 12. The zero-order valence-electron chi connectivity index (χ0n) is 42.9. The van der Waals surface area contributed by atoms with E-state index in [9.17, 15) is 19.2 Å². The van der Waals surface area contributed by atoms with Crippen molar-refractivity contribution in [3.8, 4) is 39.5 Å². The number of alkyl carbamates (subject to hydrolysis) is 2. The number of aromatic amines is 2. The lowest BCUT2D eigenvalue weighted by atomic mass is 9.82. The normalized spacial score (nSPS) is 23.5. The summed E-state index contributed by atoms with van der Waals surface area (Å²) < 4.78 is 41.7. The monoisotopic (exact) mass is 1030 g/mol. The molecule has 8 heterocycles. The van der Waals surface area contributed by atoms with Crippen LogP contribution < -0.4 is 15.4 Å². The van der Waals surface area contributed by atoms with Crippen molar-refractivity contribution in [1.82, 2.24) is 49.9 Å². The molecule has 4 aliphatic heterocycles. The number of nitrogens with zero attached hydrogens (tertiary/aromatic N) is 6. The van der Waals surface area contributed by atoms with Crippen LogP contribution >= 0.6 is 11.3 Å². The van der Waals surface area contributed by atoms with E-state index in [0.717, 1.165) is 51.3 Å². The maximum absolute atomic E-state index is 17.0. The molecule has 11 rings (SSSR count). The standard InChI is InChI=1S/C54H63FN10O8S/c1-26(2)44(61-52(68)70-7)49(66)63-14-9-10-37(63)46-56-24-35(60-46)30-17-33(55)43-39-19-31-16-28(11-12-36(31)65(39)51(73-41(43)21-30)42-25-58-48(74-42)27(3)4)34-23-57-47(59-34)40-20-32-18-38(32)64(40)50(67)45(62-53(69)71-8)29-13-15-72-54(5,6)22-29/h11-12,16-17,19,21,23-27,29,32,37-38,40,44-45,51H,9-10,13-15,18,20,22H2,1-8H3,(H,56,60)(H,57,59)(H,61,68)(H,62,69)/t29?,32-,37+,38-,40+,44?,45?,51?/m1/s1. The van der Waals surface area contributed by atoms with Crippen molar-refractivity contribution in [2.24, 2.45) is 17.8 Å². The number of aromatic nitrogens is 6. The third-order valence-electron chi connectivity index (χ3n) is 15.6. The van der Waals surface area contributed by atoms with Crippen molar-refractivity contribution in [3.05, 3.63) is 82.3 Å². The highest BCUT2D eigenvalue weighted by Crippen LogP contribution is 2.54. The van der Waals surface area contributed by atoms with Crippen molar-refractivity contribution in [1.29, 1.82) is 0 Å². The molecule has 6 aromatic rings. The zero-order chi connectivity index (χ0) is 51.9. The first kappa shape index (κ1) is 49.4. The van der Waals surface area contributed by atoms with Crippen molar-refractivity contribution >= 4 is 46.2 Å². The van der Waals surface area contributed by atoms with Gasteiger partial charge in [-0.15, -0.1) is 11.3 Å². The molecule has 0 radical (unpaired) electrons. The fourth-order valence-electron chi connectivity index (χ4n) is 11.8. The van der Waals surface area contributed by atoms with Gasteiger partial charge in [-0.1, -0.05) is 33.8 Å².